The lowest BCUT2D eigenvalue weighted by Gasteiger charge is -2.35. The van der Waals surface area contributed by atoms with Gasteiger partial charge in [0.15, 0.2) is 0 Å². The van der Waals surface area contributed by atoms with E-state index in [-0.39, 0.29) is 0 Å². The van der Waals surface area contributed by atoms with Gasteiger partial charge >= 0.3 is 0 Å². The molecule has 0 aromatic heterocycles. The average Bonchev–Trinajstić information content (AvgIpc) is 1.78. The van der Waals surface area contributed by atoms with Gasteiger partial charge in [-0.1, -0.05) is 12.2 Å². The SMILES string of the molecule is CC=CCN1CC(N)C1. The summed E-state index contributed by atoms with van der Waals surface area (Å²) in [5, 5.41) is 0. The van der Waals surface area contributed by atoms with Crippen molar-refractivity contribution in [1.29, 1.82) is 0 Å². The predicted molar refractivity (Wildman–Crippen MR) is 39.2 cm³/mol. The normalized spacial score (nSPS) is 22.9. The lowest BCUT2D eigenvalue weighted by Crippen LogP contribution is -2.55. The van der Waals surface area contributed by atoms with Crippen molar-refractivity contribution in [2.24, 2.45) is 5.73 Å². The first-order chi connectivity index (χ1) is 4.33. The third-order valence-electron chi connectivity index (χ3n) is 1.58. The third kappa shape index (κ3) is 1.80. The smallest absolute Gasteiger partial charge is 0.0297 e. The highest BCUT2D eigenvalue weighted by Gasteiger charge is 2.20. The second kappa shape index (κ2) is 2.99. The second-order valence-corrected chi connectivity index (χ2v) is 2.55. The van der Waals surface area contributed by atoms with Gasteiger partial charge in [-0.25, -0.2) is 0 Å². The van der Waals surface area contributed by atoms with Gasteiger partial charge in [-0.15, -0.1) is 0 Å². The number of nitrogens with zero attached hydrogens (tertiary/aromatic N) is 1. The molecule has 0 amide bonds. The van der Waals surface area contributed by atoms with Crippen molar-refractivity contribution in [3.8, 4) is 0 Å². The summed E-state index contributed by atoms with van der Waals surface area (Å²) in [4.78, 5) is 2.32. The van der Waals surface area contributed by atoms with Crippen molar-refractivity contribution >= 4 is 0 Å². The molecule has 1 rings (SSSR count). The Bertz CT molecular complexity index is 103. The molecule has 1 saturated heterocycles. The molecule has 0 aromatic rings. The largest absolute Gasteiger partial charge is 0.325 e. The molecule has 0 aromatic carbocycles. The number of hydrogen-bond donors (Lipinski definition) is 1. The van der Waals surface area contributed by atoms with Crippen LogP contribution in [0, 0.1) is 0 Å². The van der Waals surface area contributed by atoms with Crippen LogP contribution in [-0.2, 0) is 0 Å². The summed E-state index contributed by atoms with van der Waals surface area (Å²) in [7, 11) is 0. The van der Waals surface area contributed by atoms with E-state index in [1.54, 1.807) is 0 Å². The first-order valence-electron chi connectivity index (χ1n) is 3.42. The van der Waals surface area contributed by atoms with E-state index in [1.165, 1.54) is 0 Å². The monoisotopic (exact) mass is 126 g/mol. The van der Waals surface area contributed by atoms with E-state index in [0.717, 1.165) is 19.6 Å². The Labute approximate surface area is 56.3 Å². The molecule has 1 fully saturated rings. The molecule has 0 aliphatic carbocycles. The van der Waals surface area contributed by atoms with Gasteiger partial charge in [-0.3, -0.25) is 4.90 Å². The van der Waals surface area contributed by atoms with E-state index in [2.05, 4.69) is 17.1 Å². The summed E-state index contributed by atoms with van der Waals surface area (Å²) >= 11 is 0. The van der Waals surface area contributed by atoms with E-state index in [9.17, 15) is 0 Å². The Kier molecular flexibility index (Phi) is 2.25. The van der Waals surface area contributed by atoms with Crippen molar-refractivity contribution in [1.82, 2.24) is 4.90 Å². The molecular weight excluding hydrogens is 112 g/mol. The second-order valence-electron chi connectivity index (χ2n) is 2.55. The van der Waals surface area contributed by atoms with Gasteiger partial charge in [-0.05, 0) is 6.92 Å². The Morgan fingerprint density at radius 3 is 2.78 bits per heavy atom. The van der Waals surface area contributed by atoms with Crippen LogP contribution < -0.4 is 5.73 Å². The lowest BCUT2D eigenvalue weighted by molar-refractivity contribution is 0.169. The molecule has 2 nitrogen and oxygen atoms in total. The standard InChI is InChI=1S/C7H14N2/c1-2-3-4-9-5-7(8)6-9/h2-3,7H,4-6,8H2,1H3. The van der Waals surface area contributed by atoms with Crippen molar-refractivity contribution in [3.63, 3.8) is 0 Å². The van der Waals surface area contributed by atoms with Gasteiger partial charge in [0.1, 0.15) is 0 Å². The lowest BCUT2D eigenvalue weighted by atomic mass is 10.1. The topological polar surface area (TPSA) is 29.3 Å². The molecule has 1 heterocycles. The molecule has 0 unspecified atom stereocenters. The molecule has 9 heavy (non-hydrogen) atoms. The Hall–Kier alpha value is -0.340. The highest BCUT2D eigenvalue weighted by Crippen LogP contribution is 2.03. The van der Waals surface area contributed by atoms with Crippen LogP contribution in [0.15, 0.2) is 12.2 Å². The minimum absolute atomic E-state index is 0.440. The zero-order chi connectivity index (χ0) is 6.69. The Balaban J connectivity index is 2.04. The fourth-order valence-corrected chi connectivity index (χ4v) is 1.01. The van der Waals surface area contributed by atoms with Crippen molar-refractivity contribution < 1.29 is 0 Å². The molecule has 0 radical (unpaired) electrons. The minimum Gasteiger partial charge on any atom is -0.325 e. The highest BCUT2D eigenvalue weighted by molar-refractivity contribution is 4.89. The molecule has 0 bridgehead atoms. The summed E-state index contributed by atoms with van der Waals surface area (Å²) in [6, 6.07) is 0.440. The Morgan fingerprint density at radius 2 is 2.33 bits per heavy atom. The van der Waals surface area contributed by atoms with Crippen LogP contribution in [0.5, 0.6) is 0 Å². The molecule has 52 valence electrons. The summed E-state index contributed by atoms with van der Waals surface area (Å²) in [6.45, 7) is 5.26. The molecule has 1 aliphatic heterocycles. The van der Waals surface area contributed by atoms with Crippen molar-refractivity contribution in [2.45, 2.75) is 13.0 Å². The van der Waals surface area contributed by atoms with E-state index in [4.69, 9.17) is 5.73 Å². The van der Waals surface area contributed by atoms with Crippen LogP contribution in [-0.4, -0.2) is 30.6 Å². The van der Waals surface area contributed by atoms with Gasteiger partial charge in [-0.2, -0.15) is 0 Å². The summed E-state index contributed by atoms with van der Waals surface area (Å²) < 4.78 is 0. The first kappa shape index (κ1) is 6.78. The quantitative estimate of drug-likeness (QED) is 0.536. The average molecular weight is 126 g/mol. The van der Waals surface area contributed by atoms with Crippen LogP contribution in [0.2, 0.25) is 0 Å². The number of allylic oxidation sites excluding steroid dienone is 1. The summed E-state index contributed by atoms with van der Waals surface area (Å²) in [5.41, 5.74) is 5.57. The maximum Gasteiger partial charge on any atom is 0.0297 e. The van der Waals surface area contributed by atoms with E-state index >= 15 is 0 Å². The fraction of sp³-hybridized carbons (Fsp3) is 0.714. The molecule has 0 atom stereocenters. The number of nitrogens with two attached hydrogens (primary N) is 1. The van der Waals surface area contributed by atoms with Crippen LogP contribution in [0.4, 0.5) is 0 Å². The maximum atomic E-state index is 5.57. The summed E-state index contributed by atoms with van der Waals surface area (Å²) in [5.74, 6) is 0. The highest BCUT2D eigenvalue weighted by atomic mass is 15.2. The van der Waals surface area contributed by atoms with Crippen LogP contribution in [0.1, 0.15) is 6.92 Å². The van der Waals surface area contributed by atoms with Gasteiger partial charge in [0.25, 0.3) is 0 Å². The third-order valence-corrected chi connectivity index (χ3v) is 1.58. The number of rotatable bonds is 2. The van der Waals surface area contributed by atoms with E-state index < -0.39 is 0 Å². The predicted octanol–water partition coefficient (Wildman–Crippen LogP) is 0.205. The van der Waals surface area contributed by atoms with Crippen LogP contribution >= 0.6 is 0 Å². The van der Waals surface area contributed by atoms with Gasteiger partial charge in [0, 0.05) is 25.7 Å². The zero-order valence-corrected chi connectivity index (χ0v) is 5.88. The number of hydrogen-bond acceptors (Lipinski definition) is 2. The van der Waals surface area contributed by atoms with E-state index in [0.29, 0.717) is 6.04 Å². The molecule has 0 saturated carbocycles. The molecule has 0 spiro atoms. The summed E-state index contributed by atoms with van der Waals surface area (Å²) in [6.07, 6.45) is 4.23. The van der Waals surface area contributed by atoms with E-state index in [1.807, 2.05) is 6.92 Å². The molecular formula is C7H14N2. The molecule has 2 heteroatoms. The maximum absolute atomic E-state index is 5.57. The van der Waals surface area contributed by atoms with Crippen molar-refractivity contribution in [2.75, 3.05) is 19.6 Å². The van der Waals surface area contributed by atoms with Gasteiger partial charge < -0.3 is 5.73 Å². The first-order valence-corrected chi connectivity index (χ1v) is 3.42. The van der Waals surface area contributed by atoms with Gasteiger partial charge in [0.2, 0.25) is 0 Å². The Morgan fingerprint density at radius 1 is 1.67 bits per heavy atom. The minimum atomic E-state index is 0.440. The van der Waals surface area contributed by atoms with Gasteiger partial charge in [0.05, 0.1) is 0 Å². The molecule has 2 N–H and O–H groups in total. The van der Waals surface area contributed by atoms with Crippen LogP contribution in [0.25, 0.3) is 0 Å². The number of likely N-dealkylation sites (tertiary alicyclic amines) is 1. The van der Waals surface area contributed by atoms with Crippen LogP contribution in [0.3, 0.4) is 0 Å². The van der Waals surface area contributed by atoms with Crippen molar-refractivity contribution in [3.05, 3.63) is 12.2 Å². The zero-order valence-electron chi connectivity index (χ0n) is 5.88. The fourth-order valence-electron chi connectivity index (χ4n) is 1.01. The molecule has 1 aliphatic rings.